The van der Waals surface area contributed by atoms with Crippen LogP contribution in [-0.2, 0) is 18.9 Å². The summed E-state index contributed by atoms with van der Waals surface area (Å²) >= 11 is 5.23. The van der Waals surface area contributed by atoms with Gasteiger partial charge >= 0.3 is 5.69 Å². The van der Waals surface area contributed by atoms with Gasteiger partial charge in [-0.1, -0.05) is 25.7 Å². The van der Waals surface area contributed by atoms with Gasteiger partial charge in [0.25, 0.3) is 0 Å². The van der Waals surface area contributed by atoms with Crippen LogP contribution in [0.15, 0.2) is 21.9 Å². The number of carbonyl (C=O) groups is 1. The smallest absolute Gasteiger partial charge is 0.294 e. The van der Waals surface area contributed by atoms with Gasteiger partial charge in [-0.2, -0.15) is 0 Å². The molecule has 114 valence electrons. The van der Waals surface area contributed by atoms with Crippen molar-refractivity contribution in [3.8, 4) is 0 Å². The number of carbonyl (C=O) groups excluding carboxylic acids is 1. The van der Waals surface area contributed by atoms with Crippen LogP contribution in [-0.4, -0.2) is 21.1 Å². The summed E-state index contributed by atoms with van der Waals surface area (Å²) in [5, 5.41) is 0. The Bertz CT molecular complexity index is 688. The highest BCUT2D eigenvalue weighted by molar-refractivity contribution is 7.71. The molecule has 0 amide bonds. The molecule has 21 heavy (non-hydrogen) atoms. The monoisotopic (exact) mass is 307 g/mol. The molecule has 1 rings (SSSR count). The van der Waals surface area contributed by atoms with Crippen molar-refractivity contribution in [1.82, 2.24) is 9.13 Å². The molecule has 6 heteroatoms. The number of nitrogens with zero attached hydrogens (tertiary/aromatic N) is 3. The Morgan fingerprint density at radius 1 is 1.43 bits per heavy atom. The molecule has 5 nitrogen and oxygen atoms in total. The van der Waals surface area contributed by atoms with Gasteiger partial charge in [0.15, 0.2) is 5.78 Å². The van der Waals surface area contributed by atoms with Crippen molar-refractivity contribution in [2.24, 2.45) is 25.0 Å². The van der Waals surface area contributed by atoms with Crippen molar-refractivity contribution >= 4 is 30.0 Å². The summed E-state index contributed by atoms with van der Waals surface area (Å²) in [5.74, 6) is 0.111. The van der Waals surface area contributed by atoms with Crippen LogP contribution in [0.3, 0.4) is 0 Å². The quantitative estimate of drug-likeness (QED) is 0.477. The summed E-state index contributed by atoms with van der Waals surface area (Å²) in [6, 6.07) is 0. The molecule has 1 aromatic rings. The number of hydrogen-bond donors (Lipinski definition) is 0. The highest BCUT2D eigenvalue weighted by Gasteiger charge is 2.15. The van der Waals surface area contributed by atoms with E-state index in [4.69, 9.17) is 12.2 Å². The van der Waals surface area contributed by atoms with Gasteiger partial charge in [0.2, 0.25) is 0 Å². The number of aliphatic imine (C=N–C) groups is 1. The van der Waals surface area contributed by atoms with Crippen molar-refractivity contribution in [1.29, 1.82) is 0 Å². The normalized spacial score (nSPS) is 12.6. The summed E-state index contributed by atoms with van der Waals surface area (Å²) in [7, 11) is 3.27. The number of rotatable bonds is 5. The van der Waals surface area contributed by atoms with Crippen molar-refractivity contribution in [2.45, 2.75) is 27.2 Å². The van der Waals surface area contributed by atoms with Gasteiger partial charge in [-0.25, -0.2) is 9.79 Å². The molecule has 0 N–H and O–H groups in total. The number of Topliss-reactive ketones (excluding diaryl/α,β-unsaturated/α-hetero) is 1. The Kier molecular flexibility index (Phi) is 5.54. The van der Waals surface area contributed by atoms with Gasteiger partial charge in [0.05, 0.1) is 5.92 Å². The average molecular weight is 307 g/mol. The summed E-state index contributed by atoms with van der Waals surface area (Å²) in [4.78, 5) is 28.3. The van der Waals surface area contributed by atoms with E-state index in [2.05, 4.69) is 11.6 Å². The Morgan fingerprint density at radius 3 is 2.48 bits per heavy atom. The Balaban J connectivity index is 3.34. The minimum atomic E-state index is -0.334. The molecule has 1 unspecified atom stereocenters. The average Bonchev–Trinajstić information content (AvgIpc) is 2.46. The van der Waals surface area contributed by atoms with Crippen molar-refractivity contribution < 1.29 is 4.79 Å². The van der Waals surface area contributed by atoms with Crippen molar-refractivity contribution in [3.63, 3.8) is 0 Å². The van der Waals surface area contributed by atoms with E-state index in [1.165, 1.54) is 9.13 Å². The fourth-order valence-corrected chi connectivity index (χ4v) is 2.19. The van der Waals surface area contributed by atoms with Crippen LogP contribution < -0.4 is 5.69 Å². The second-order valence-corrected chi connectivity index (χ2v) is 5.48. The van der Waals surface area contributed by atoms with Gasteiger partial charge in [0, 0.05) is 25.9 Å². The number of hydrogen-bond acceptors (Lipinski definition) is 4. The van der Waals surface area contributed by atoms with Gasteiger partial charge in [-0.3, -0.25) is 13.9 Å². The highest BCUT2D eigenvalue weighted by atomic mass is 32.1. The molecular formula is C15H21N3O2S. The lowest BCUT2D eigenvalue weighted by molar-refractivity contribution is -0.117. The van der Waals surface area contributed by atoms with E-state index in [0.717, 1.165) is 5.56 Å². The summed E-state index contributed by atoms with van der Waals surface area (Å²) < 4.78 is 3.28. The maximum atomic E-state index is 12.0. The molecule has 1 heterocycles. The van der Waals surface area contributed by atoms with E-state index in [1.807, 2.05) is 13.8 Å². The van der Waals surface area contributed by atoms with Crippen LogP contribution in [0.4, 0.5) is 5.82 Å². The van der Waals surface area contributed by atoms with Crippen LogP contribution in [0.2, 0.25) is 0 Å². The minimum Gasteiger partial charge on any atom is -0.294 e. The standard InChI is InChI=1S/C15H21N3O2S/c1-7-11(12(19)9(2)3)8-16-13-10(4)14(21)18(6)15(20)17(13)5/h8,11H,2,7H2,1,3-6H3. The zero-order valence-electron chi connectivity index (χ0n) is 13.1. The van der Waals surface area contributed by atoms with E-state index in [0.29, 0.717) is 22.5 Å². The third-order valence-electron chi connectivity index (χ3n) is 3.43. The number of aromatic nitrogens is 2. The maximum Gasteiger partial charge on any atom is 0.330 e. The zero-order chi connectivity index (χ0) is 16.3. The Morgan fingerprint density at radius 2 is 2.00 bits per heavy atom. The number of ketones is 1. The fraction of sp³-hybridized carbons (Fsp3) is 0.467. The second-order valence-electron chi connectivity index (χ2n) is 5.09. The first-order chi connectivity index (χ1) is 9.72. The first-order valence-electron chi connectivity index (χ1n) is 6.72. The van der Waals surface area contributed by atoms with Crippen LogP contribution in [0.5, 0.6) is 0 Å². The molecule has 0 radical (unpaired) electrons. The minimum absolute atomic E-state index is 0.0380. The van der Waals surface area contributed by atoms with Crippen LogP contribution in [0.25, 0.3) is 0 Å². The lowest BCUT2D eigenvalue weighted by Gasteiger charge is -2.12. The fourth-order valence-electron chi connectivity index (χ4n) is 2.02. The first-order valence-corrected chi connectivity index (χ1v) is 7.13. The van der Waals surface area contributed by atoms with E-state index in [1.54, 1.807) is 27.2 Å². The molecule has 0 fully saturated rings. The molecule has 0 aliphatic carbocycles. The van der Waals surface area contributed by atoms with Crippen LogP contribution in [0.1, 0.15) is 25.8 Å². The molecule has 0 aliphatic heterocycles. The van der Waals surface area contributed by atoms with Crippen molar-refractivity contribution in [2.75, 3.05) is 0 Å². The van der Waals surface area contributed by atoms with E-state index < -0.39 is 0 Å². The molecule has 0 bridgehead atoms. The predicted octanol–water partition coefficient (Wildman–Crippen LogP) is 2.64. The molecule has 0 aliphatic rings. The topological polar surface area (TPSA) is 56.4 Å². The van der Waals surface area contributed by atoms with Gasteiger partial charge < -0.3 is 0 Å². The summed E-state index contributed by atoms with van der Waals surface area (Å²) in [5.41, 5.74) is 1.00. The van der Waals surface area contributed by atoms with Crippen LogP contribution in [0, 0.1) is 17.5 Å². The lowest BCUT2D eigenvalue weighted by Crippen LogP contribution is -2.28. The summed E-state index contributed by atoms with van der Waals surface area (Å²) in [6.07, 6.45) is 2.21. The summed E-state index contributed by atoms with van der Waals surface area (Å²) in [6.45, 7) is 9.08. The zero-order valence-corrected chi connectivity index (χ0v) is 14.0. The second kappa shape index (κ2) is 6.76. The third-order valence-corrected chi connectivity index (χ3v) is 4.01. The SMILES string of the molecule is C=C(C)C(=O)C(C=Nc1c(C)c(=S)n(C)c(=O)n1C)CC. The lowest BCUT2D eigenvalue weighted by atomic mass is 9.98. The van der Waals surface area contributed by atoms with E-state index >= 15 is 0 Å². The maximum absolute atomic E-state index is 12.0. The molecule has 0 aromatic carbocycles. The molecule has 0 saturated heterocycles. The van der Waals surface area contributed by atoms with Crippen LogP contribution >= 0.6 is 12.2 Å². The van der Waals surface area contributed by atoms with Crippen molar-refractivity contribution in [3.05, 3.63) is 32.8 Å². The van der Waals surface area contributed by atoms with E-state index in [9.17, 15) is 9.59 Å². The molecular weight excluding hydrogens is 286 g/mol. The van der Waals surface area contributed by atoms with Gasteiger partial charge in [-0.05, 0) is 25.8 Å². The third kappa shape index (κ3) is 3.44. The predicted molar refractivity (Wildman–Crippen MR) is 88.0 cm³/mol. The molecule has 1 atom stereocenters. The largest absolute Gasteiger partial charge is 0.330 e. The molecule has 0 saturated carbocycles. The van der Waals surface area contributed by atoms with E-state index in [-0.39, 0.29) is 17.4 Å². The highest BCUT2D eigenvalue weighted by Crippen LogP contribution is 2.17. The van der Waals surface area contributed by atoms with Gasteiger partial charge in [-0.15, -0.1) is 0 Å². The Hall–Kier alpha value is -1.82. The molecule has 0 spiro atoms. The first kappa shape index (κ1) is 17.2. The Labute approximate surface area is 129 Å². The van der Waals surface area contributed by atoms with Gasteiger partial charge in [0.1, 0.15) is 10.5 Å². The number of allylic oxidation sites excluding steroid dienone is 1. The molecule has 1 aromatic heterocycles.